The third kappa shape index (κ3) is 3.07. The van der Waals surface area contributed by atoms with E-state index in [0.29, 0.717) is 5.56 Å². The normalized spacial score (nSPS) is 11.9. The van der Waals surface area contributed by atoms with Gasteiger partial charge in [-0.25, -0.2) is 0 Å². The lowest BCUT2D eigenvalue weighted by Gasteiger charge is -2.14. The molecule has 4 heteroatoms. The van der Waals surface area contributed by atoms with Crippen molar-refractivity contribution in [2.24, 2.45) is 0 Å². The van der Waals surface area contributed by atoms with Crippen LogP contribution in [0.2, 0.25) is 0 Å². The molecule has 0 saturated heterocycles. The average molecular weight is 352 g/mol. The van der Waals surface area contributed by atoms with E-state index in [2.05, 4.69) is 32.9 Å². The van der Waals surface area contributed by atoms with E-state index in [-0.39, 0.29) is 11.9 Å². The van der Waals surface area contributed by atoms with Crippen molar-refractivity contribution in [3.63, 3.8) is 0 Å². The number of nitrogens with one attached hydrogen (secondary N) is 1. The number of pyridine rings is 1. The number of halogens is 1. The van der Waals surface area contributed by atoms with Gasteiger partial charge in [0.2, 0.25) is 0 Å². The van der Waals surface area contributed by atoms with Crippen molar-refractivity contribution in [2.45, 2.75) is 13.0 Å². The number of carbonyl (C=O) groups excluding carboxylic acids is 1. The van der Waals surface area contributed by atoms with Crippen LogP contribution in [0.5, 0.6) is 0 Å². The molecule has 1 aromatic carbocycles. The Hall–Kier alpha value is -1.43. The smallest absolute Gasteiger partial charge is 0.252 e. The predicted octanol–water partition coefficient (Wildman–Crippen LogP) is 3.18. The van der Waals surface area contributed by atoms with E-state index in [9.17, 15) is 4.79 Å². The summed E-state index contributed by atoms with van der Waals surface area (Å²) in [6, 6.07) is 11.3. The van der Waals surface area contributed by atoms with Gasteiger partial charge in [0.15, 0.2) is 0 Å². The SMILES string of the molecule is CC(NC(=O)c1ccccc1I)c1cccnc1. The zero-order valence-corrected chi connectivity index (χ0v) is 12.1. The van der Waals surface area contributed by atoms with E-state index < -0.39 is 0 Å². The zero-order chi connectivity index (χ0) is 13.0. The second-order valence-corrected chi connectivity index (χ2v) is 5.12. The summed E-state index contributed by atoms with van der Waals surface area (Å²) in [5.74, 6) is -0.0589. The van der Waals surface area contributed by atoms with Crippen LogP contribution in [-0.4, -0.2) is 10.9 Å². The molecule has 92 valence electrons. The molecule has 1 aromatic heterocycles. The molecule has 0 bridgehead atoms. The summed E-state index contributed by atoms with van der Waals surface area (Å²) in [6.45, 7) is 1.95. The molecule has 2 aromatic rings. The second kappa shape index (κ2) is 5.95. The molecule has 0 saturated carbocycles. The van der Waals surface area contributed by atoms with Crippen molar-refractivity contribution in [3.8, 4) is 0 Å². The Labute approximate surface area is 120 Å². The van der Waals surface area contributed by atoms with Gasteiger partial charge in [-0.2, -0.15) is 0 Å². The Morgan fingerprint density at radius 3 is 2.72 bits per heavy atom. The highest BCUT2D eigenvalue weighted by Crippen LogP contribution is 2.14. The molecular formula is C14H13IN2O. The Bertz CT molecular complexity index is 543. The molecule has 0 aliphatic rings. The molecule has 0 spiro atoms. The fourth-order valence-electron chi connectivity index (χ4n) is 1.64. The highest BCUT2D eigenvalue weighted by atomic mass is 127. The van der Waals surface area contributed by atoms with E-state index in [4.69, 9.17) is 0 Å². The molecular weight excluding hydrogens is 339 g/mol. The van der Waals surface area contributed by atoms with Gasteiger partial charge in [-0.3, -0.25) is 9.78 Å². The lowest BCUT2D eigenvalue weighted by molar-refractivity contribution is 0.0939. The summed E-state index contributed by atoms with van der Waals surface area (Å²) in [5.41, 5.74) is 1.70. The van der Waals surface area contributed by atoms with E-state index in [1.165, 1.54) is 0 Å². The third-order valence-corrected chi connectivity index (χ3v) is 3.59. The first-order valence-corrected chi connectivity index (χ1v) is 6.71. The fraction of sp³-hybridized carbons (Fsp3) is 0.143. The van der Waals surface area contributed by atoms with Crippen molar-refractivity contribution in [1.29, 1.82) is 0 Å². The highest BCUT2D eigenvalue weighted by Gasteiger charge is 2.13. The van der Waals surface area contributed by atoms with E-state index in [1.54, 1.807) is 12.4 Å². The van der Waals surface area contributed by atoms with Crippen LogP contribution in [0.1, 0.15) is 28.9 Å². The molecule has 18 heavy (non-hydrogen) atoms. The number of amides is 1. The van der Waals surface area contributed by atoms with E-state index in [0.717, 1.165) is 9.13 Å². The quantitative estimate of drug-likeness (QED) is 0.863. The van der Waals surface area contributed by atoms with Crippen molar-refractivity contribution in [2.75, 3.05) is 0 Å². The van der Waals surface area contributed by atoms with Gasteiger partial charge < -0.3 is 5.32 Å². The molecule has 0 aliphatic carbocycles. The zero-order valence-electron chi connectivity index (χ0n) is 9.93. The van der Waals surface area contributed by atoms with Crippen molar-refractivity contribution >= 4 is 28.5 Å². The first kappa shape index (κ1) is 13.0. The topological polar surface area (TPSA) is 42.0 Å². The highest BCUT2D eigenvalue weighted by molar-refractivity contribution is 14.1. The maximum atomic E-state index is 12.1. The Balaban J connectivity index is 2.11. The number of hydrogen-bond acceptors (Lipinski definition) is 2. The largest absolute Gasteiger partial charge is 0.345 e. The Morgan fingerprint density at radius 1 is 1.28 bits per heavy atom. The lowest BCUT2D eigenvalue weighted by atomic mass is 10.1. The summed E-state index contributed by atoms with van der Waals surface area (Å²) in [6.07, 6.45) is 3.49. The summed E-state index contributed by atoms with van der Waals surface area (Å²) >= 11 is 2.16. The Kier molecular flexibility index (Phi) is 4.30. The van der Waals surface area contributed by atoms with Gasteiger partial charge in [-0.1, -0.05) is 18.2 Å². The number of hydrogen-bond donors (Lipinski definition) is 1. The summed E-state index contributed by atoms with van der Waals surface area (Å²) in [5, 5.41) is 2.97. The van der Waals surface area contributed by atoms with E-state index >= 15 is 0 Å². The van der Waals surface area contributed by atoms with Crippen LogP contribution in [0.25, 0.3) is 0 Å². The molecule has 3 nitrogen and oxygen atoms in total. The van der Waals surface area contributed by atoms with Gasteiger partial charge in [0.1, 0.15) is 0 Å². The molecule has 1 unspecified atom stereocenters. The molecule has 1 heterocycles. The molecule has 1 N–H and O–H groups in total. The van der Waals surface area contributed by atoms with E-state index in [1.807, 2.05) is 43.3 Å². The fourth-order valence-corrected chi connectivity index (χ4v) is 2.27. The maximum Gasteiger partial charge on any atom is 0.252 e. The van der Waals surface area contributed by atoms with Gasteiger partial charge in [0, 0.05) is 16.0 Å². The van der Waals surface area contributed by atoms with Crippen LogP contribution < -0.4 is 5.32 Å². The van der Waals surface area contributed by atoms with Crippen molar-refractivity contribution < 1.29 is 4.79 Å². The minimum Gasteiger partial charge on any atom is -0.345 e. The van der Waals surface area contributed by atoms with Crippen LogP contribution >= 0.6 is 22.6 Å². The van der Waals surface area contributed by atoms with Crippen LogP contribution in [0.15, 0.2) is 48.8 Å². The number of carbonyl (C=O) groups is 1. The first-order valence-electron chi connectivity index (χ1n) is 5.64. The van der Waals surface area contributed by atoms with Gasteiger partial charge >= 0.3 is 0 Å². The molecule has 0 radical (unpaired) electrons. The van der Waals surface area contributed by atoms with Gasteiger partial charge in [-0.15, -0.1) is 0 Å². The van der Waals surface area contributed by atoms with Crippen LogP contribution in [0, 0.1) is 3.57 Å². The monoisotopic (exact) mass is 352 g/mol. The maximum absolute atomic E-state index is 12.1. The predicted molar refractivity (Wildman–Crippen MR) is 79.3 cm³/mol. The molecule has 2 rings (SSSR count). The molecule has 0 fully saturated rings. The molecule has 1 amide bonds. The second-order valence-electron chi connectivity index (χ2n) is 3.96. The average Bonchev–Trinajstić information content (AvgIpc) is 2.40. The van der Waals surface area contributed by atoms with Crippen molar-refractivity contribution in [1.82, 2.24) is 10.3 Å². The number of rotatable bonds is 3. The summed E-state index contributed by atoms with van der Waals surface area (Å²) in [4.78, 5) is 16.2. The van der Waals surface area contributed by atoms with Crippen LogP contribution in [0.4, 0.5) is 0 Å². The van der Waals surface area contributed by atoms with Gasteiger partial charge in [0.25, 0.3) is 5.91 Å². The minimum atomic E-state index is -0.0589. The third-order valence-electron chi connectivity index (χ3n) is 2.65. The van der Waals surface area contributed by atoms with Gasteiger partial charge in [0.05, 0.1) is 11.6 Å². The standard InChI is InChI=1S/C14H13IN2O/c1-10(11-5-4-8-16-9-11)17-14(18)12-6-2-3-7-13(12)15/h2-10H,1H3,(H,17,18). The number of benzene rings is 1. The van der Waals surface area contributed by atoms with Gasteiger partial charge in [-0.05, 0) is 53.3 Å². The molecule has 0 aliphatic heterocycles. The van der Waals surface area contributed by atoms with Crippen LogP contribution in [-0.2, 0) is 0 Å². The lowest BCUT2D eigenvalue weighted by Crippen LogP contribution is -2.27. The molecule has 1 atom stereocenters. The summed E-state index contributed by atoms with van der Waals surface area (Å²) < 4.78 is 0.950. The first-order chi connectivity index (χ1) is 8.68. The minimum absolute atomic E-state index is 0.0535. The van der Waals surface area contributed by atoms with Crippen LogP contribution in [0.3, 0.4) is 0 Å². The Morgan fingerprint density at radius 2 is 2.06 bits per heavy atom. The van der Waals surface area contributed by atoms with Crippen molar-refractivity contribution in [3.05, 3.63) is 63.5 Å². The number of nitrogens with zero attached hydrogens (tertiary/aromatic N) is 1. The number of aromatic nitrogens is 1. The summed E-state index contributed by atoms with van der Waals surface area (Å²) in [7, 11) is 0.